The number of rotatable bonds is 2. The van der Waals surface area contributed by atoms with Crippen molar-refractivity contribution in [2.75, 3.05) is 0 Å². The van der Waals surface area contributed by atoms with Crippen LogP contribution in [0.4, 0.5) is 0 Å². The molecule has 0 aliphatic carbocycles. The van der Waals surface area contributed by atoms with Crippen molar-refractivity contribution in [3.63, 3.8) is 0 Å². The van der Waals surface area contributed by atoms with Gasteiger partial charge in [0, 0.05) is 12.2 Å². The lowest BCUT2D eigenvalue weighted by molar-refractivity contribution is 0.581. The summed E-state index contributed by atoms with van der Waals surface area (Å²) in [5.41, 5.74) is 4.36. The molecule has 0 radical (unpaired) electrons. The third-order valence-electron chi connectivity index (χ3n) is 4.20. The highest BCUT2D eigenvalue weighted by Gasteiger charge is 2.17. The SMILES string of the molecule is Cc1nn2c(nnc3c(=O)n(C(C)C)ccc32)c1-c1ccccc1. The molecule has 0 saturated carbocycles. The summed E-state index contributed by atoms with van der Waals surface area (Å²) in [6.07, 6.45) is 1.79. The average molecular weight is 319 g/mol. The first-order valence-corrected chi connectivity index (χ1v) is 7.90. The van der Waals surface area contributed by atoms with Crippen molar-refractivity contribution in [2.24, 2.45) is 0 Å². The Balaban J connectivity index is 2.08. The van der Waals surface area contributed by atoms with Crippen molar-refractivity contribution in [1.82, 2.24) is 24.4 Å². The molecule has 4 rings (SSSR count). The van der Waals surface area contributed by atoms with Crippen LogP contribution in [0.5, 0.6) is 0 Å². The fraction of sp³-hybridized carbons (Fsp3) is 0.222. The van der Waals surface area contributed by atoms with E-state index in [1.165, 1.54) is 0 Å². The van der Waals surface area contributed by atoms with Gasteiger partial charge in [-0.1, -0.05) is 30.3 Å². The van der Waals surface area contributed by atoms with E-state index in [0.717, 1.165) is 16.8 Å². The molecule has 0 aliphatic heterocycles. The molecule has 0 N–H and O–H groups in total. The molecule has 3 aromatic heterocycles. The number of aromatic nitrogens is 5. The first kappa shape index (κ1) is 14.6. The zero-order valence-electron chi connectivity index (χ0n) is 13.8. The lowest BCUT2D eigenvalue weighted by Crippen LogP contribution is -2.23. The van der Waals surface area contributed by atoms with E-state index in [1.807, 2.05) is 57.2 Å². The van der Waals surface area contributed by atoms with Gasteiger partial charge in [-0.3, -0.25) is 4.79 Å². The standard InChI is InChI=1S/C18H17N5O/c1-11(2)22-10-9-14-16(18(22)24)19-20-17-15(12(3)21-23(14)17)13-7-5-4-6-8-13/h4-11H,1-3H3. The summed E-state index contributed by atoms with van der Waals surface area (Å²) in [4.78, 5) is 12.6. The molecule has 0 bridgehead atoms. The highest BCUT2D eigenvalue weighted by atomic mass is 16.1. The molecule has 1 aromatic carbocycles. The maximum Gasteiger partial charge on any atom is 0.280 e. The van der Waals surface area contributed by atoms with Gasteiger partial charge in [0.05, 0.1) is 11.3 Å². The van der Waals surface area contributed by atoms with Gasteiger partial charge in [0.1, 0.15) is 5.52 Å². The third-order valence-corrected chi connectivity index (χ3v) is 4.20. The number of hydrogen-bond acceptors (Lipinski definition) is 4. The summed E-state index contributed by atoms with van der Waals surface area (Å²) >= 11 is 0. The van der Waals surface area contributed by atoms with Crippen molar-refractivity contribution >= 4 is 16.7 Å². The number of benzene rings is 1. The minimum absolute atomic E-state index is 0.0682. The highest BCUT2D eigenvalue weighted by molar-refractivity contribution is 5.84. The smallest absolute Gasteiger partial charge is 0.280 e. The molecule has 0 atom stereocenters. The zero-order chi connectivity index (χ0) is 16.8. The van der Waals surface area contributed by atoms with Crippen molar-refractivity contribution in [1.29, 1.82) is 0 Å². The molecule has 3 heterocycles. The molecule has 4 aromatic rings. The van der Waals surface area contributed by atoms with Crippen molar-refractivity contribution in [3.8, 4) is 11.1 Å². The van der Waals surface area contributed by atoms with Gasteiger partial charge in [-0.05, 0) is 32.4 Å². The second kappa shape index (κ2) is 5.26. The van der Waals surface area contributed by atoms with E-state index in [0.29, 0.717) is 16.7 Å². The second-order valence-corrected chi connectivity index (χ2v) is 6.12. The average Bonchev–Trinajstić information content (AvgIpc) is 2.92. The van der Waals surface area contributed by atoms with Crippen LogP contribution in [0.15, 0.2) is 47.4 Å². The van der Waals surface area contributed by atoms with Gasteiger partial charge < -0.3 is 4.57 Å². The van der Waals surface area contributed by atoms with Crippen molar-refractivity contribution in [2.45, 2.75) is 26.8 Å². The Labute approximate surface area is 138 Å². The minimum atomic E-state index is -0.147. The van der Waals surface area contributed by atoms with Gasteiger partial charge in [0.15, 0.2) is 11.2 Å². The van der Waals surface area contributed by atoms with Crippen LogP contribution >= 0.6 is 0 Å². The fourth-order valence-corrected chi connectivity index (χ4v) is 3.02. The van der Waals surface area contributed by atoms with Gasteiger partial charge in [0.2, 0.25) is 0 Å². The summed E-state index contributed by atoms with van der Waals surface area (Å²) in [6, 6.07) is 11.9. The monoisotopic (exact) mass is 319 g/mol. The molecule has 24 heavy (non-hydrogen) atoms. The molecule has 0 amide bonds. The summed E-state index contributed by atoms with van der Waals surface area (Å²) in [7, 11) is 0. The van der Waals surface area contributed by atoms with E-state index >= 15 is 0 Å². The third kappa shape index (κ3) is 2.03. The van der Waals surface area contributed by atoms with Crippen LogP contribution in [0.3, 0.4) is 0 Å². The van der Waals surface area contributed by atoms with Crippen molar-refractivity contribution < 1.29 is 0 Å². The van der Waals surface area contributed by atoms with Crippen molar-refractivity contribution in [3.05, 3.63) is 58.6 Å². The summed E-state index contributed by atoms with van der Waals surface area (Å²) in [5.74, 6) is 0. The molecule has 120 valence electrons. The molecule has 0 unspecified atom stereocenters. The summed E-state index contributed by atoms with van der Waals surface area (Å²) in [6.45, 7) is 5.87. The first-order valence-electron chi connectivity index (χ1n) is 7.90. The van der Waals surface area contributed by atoms with Crippen LogP contribution in [0, 0.1) is 6.92 Å². The van der Waals surface area contributed by atoms with Gasteiger partial charge in [0.25, 0.3) is 5.56 Å². The Morgan fingerprint density at radius 2 is 1.79 bits per heavy atom. The van der Waals surface area contributed by atoms with Gasteiger partial charge >= 0.3 is 0 Å². The number of nitrogens with zero attached hydrogens (tertiary/aromatic N) is 5. The Kier molecular flexibility index (Phi) is 3.19. The summed E-state index contributed by atoms with van der Waals surface area (Å²) in [5, 5.41) is 13.1. The van der Waals surface area contributed by atoms with Crippen LogP contribution in [-0.4, -0.2) is 24.4 Å². The number of fused-ring (bicyclic) bond motifs is 3. The molecular weight excluding hydrogens is 302 g/mol. The Bertz CT molecular complexity index is 1110. The summed E-state index contributed by atoms with van der Waals surface area (Å²) < 4.78 is 3.36. The molecule has 0 spiro atoms. The van der Waals surface area contributed by atoms with Gasteiger partial charge in [-0.2, -0.15) is 5.10 Å². The molecule has 6 nitrogen and oxygen atoms in total. The maximum absolute atomic E-state index is 12.6. The van der Waals surface area contributed by atoms with E-state index in [9.17, 15) is 4.79 Å². The number of aryl methyl sites for hydroxylation is 1. The highest BCUT2D eigenvalue weighted by Crippen LogP contribution is 2.27. The van der Waals surface area contributed by atoms with Gasteiger partial charge in [-0.25, -0.2) is 4.52 Å². The Morgan fingerprint density at radius 3 is 2.50 bits per heavy atom. The molecule has 6 heteroatoms. The second-order valence-electron chi connectivity index (χ2n) is 6.12. The normalized spacial score (nSPS) is 11.7. The van der Waals surface area contributed by atoms with Crippen LogP contribution in [0.25, 0.3) is 27.8 Å². The van der Waals surface area contributed by atoms with Crippen LogP contribution < -0.4 is 5.56 Å². The van der Waals surface area contributed by atoms with Crippen LogP contribution in [0.1, 0.15) is 25.6 Å². The van der Waals surface area contributed by atoms with Crippen LogP contribution in [-0.2, 0) is 0 Å². The number of pyridine rings is 1. The lowest BCUT2D eigenvalue weighted by atomic mass is 10.1. The fourth-order valence-electron chi connectivity index (χ4n) is 3.02. The molecule has 0 aliphatic rings. The van der Waals surface area contributed by atoms with E-state index < -0.39 is 0 Å². The predicted molar refractivity (Wildman–Crippen MR) is 93.1 cm³/mol. The molecule has 0 fully saturated rings. The topological polar surface area (TPSA) is 65.1 Å². The predicted octanol–water partition coefficient (Wildman–Crippen LogP) is 3.00. The molecule has 0 saturated heterocycles. The maximum atomic E-state index is 12.6. The van der Waals surface area contributed by atoms with E-state index in [1.54, 1.807) is 15.3 Å². The zero-order valence-corrected chi connectivity index (χ0v) is 13.8. The number of hydrogen-bond donors (Lipinski definition) is 0. The van der Waals surface area contributed by atoms with Crippen LogP contribution in [0.2, 0.25) is 0 Å². The Morgan fingerprint density at radius 1 is 1.04 bits per heavy atom. The molecular formula is C18H17N5O. The Hall–Kier alpha value is -3.02. The van der Waals surface area contributed by atoms with E-state index in [2.05, 4.69) is 15.3 Å². The minimum Gasteiger partial charge on any atom is -0.311 e. The lowest BCUT2D eigenvalue weighted by Gasteiger charge is -2.10. The quantitative estimate of drug-likeness (QED) is 0.570. The first-order chi connectivity index (χ1) is 11.6. The van der Waals surface area contributed by atoms with E-state index in [4.69, 9.17) is 0 Å². The van der Waals surface area contributed by atoms with E-state index in [-0.39, 0.29) is 11.6 Å². The largest absolute Gasteiger partial charge is 0.311 e. The van der Waals surface area contributed by atoms with Gasteiger partial charge in [-0.15, -0.1) is 10.2 Å².